The highest BCUT2D eigenvalue weighted by Crippen LogP contribution is 2.19. The topological polar surface area (TPSA) is 24.5 Å². The van der Waals surface area contributed by atoms with E-state index in [0.29, 0.717) is 6.04 Å². The molecule has 1 aromatic rings. The molecule has 1 unspecified atom stereocenters. The van der Waals surface area contributed by atoms with E-state index in [9.17, 15) is 0 Å². The van der Waals surface area contributed by atoms with E-state index < -0.39 is 0 Å². The van der Waals surface area contributed by atoms with Crippen LogP contribution in [0.15, 0.2) is 24.3 Å². The van der Waals surface area contributed by atoms with Crippen LogP contribution >= 0.6 is 0 Å². The highest BCUT2D eigenvalue weighted by Gasteiger charge is 2.02. The lowest BCUT2D eigenvalue weighted by molar-refractivity contribution is 0.290. The van der Waals surface area contributed by atoms with Gasteiger partial charge in [-0.15, -0.1) is 0 Å². The lowest BCUT2D eigenvalue weighted by Gasteiger charge is -2.16. The van der Waals surface area contributed by atoms with Crippen molar-refractivity contribution in [2.24, 2.45) is 0 Å². The minimum absolute atomic E-state index is 0.516. The first kappa shape index (κ1) is 14.8. The molecule has 0 aromatic heterocycles. The van der Waals surface area contributed by atoms with Gasteiger partial charge in [0.15, 0.2) is 0 Å². The summed E-state index contributed by atoms with van der Waals surface area (Å²) in [6.07, 6.45) is 2.21. The Morgan fingerprint density at radius 1 is 1.33 bits per heavy atom. The number of nitrogens with one attached hydrogen (secondary N) is 1. The molecule has 0 aliphatic carbocycles. The summed E-state index contributed by atoms with van der Waals surface area (Å²) in [4.78, 5) is 2.08. The standard InChI is InChI=1S/C15H26N2O/c1-5-10-16-13(2)9-11-18-15-8-6-7-14(12-15)17(3)4/h6-8,12-13,16H,5,9-11H2,1-4H3. The Kier molecular flexibility index (Phi) is 6.58. The molecule has 102 valence electrons. The maximum absolute atomic E-state index is 5.78. The summed E-state index contributed by atoms with van der Waals surface area (Å²) in [5, 5.41) is 3.46. The molecule has 0 heterocycles. The van der Waals surface area contributed by atoms with Crippen molar-refractivity contribution < 1.29 is 4.74 Å². The Balaban J connectivity index is 2.32. The normalized spacial score (nSPS) is 12.2. The summed E-state index contributed by atoms with van der Waals surface area (Å²) in [5.41, 5.74) is 1.17. The second kappa shape index (κ2) is 7.98. The fraction of sp³-hybridized carbons (Fsp3) is 0.600. The molecule has 18 heavy (non-hydrogen) atoms. The summed E-state index contributed by atoms with van der Waals surface area (Å²) >= 11 is 0. The lowest BCUT2D eigenvalue weighted by atomic mass is 10.2. The lowest BCUT2D eigenvalue weighted by Crippen LogP contribution is -2.28. The van der Waals surface area contributed by atoms with Crippen LogP contribution in [-0.2, 0) is 0 Å². The van der Waals surface area contributed by atoms with Gasteiger partial charge in [0.2, 0.25) is 0 Å². The maximum Gasteiger partial charge on any atom is 0.121 e. The zero-order valence-electron chi connectivity index (χ0n) is 12.1. The van der Waals surface area contributed by atoms with Gasteiger partial charge in [-0.25, -0.2) is 0 Å². The molecule has 1 rings (SSSR count). The molecule has 3 heteroatoms. The summed E-state index contributed by atoms with van der Waals surface area (Å²) in [6, 6.07) is 8.71. The molecule has 0 spiro atoms. The smallest absolute Gasteiger partial charge is 0.121 e. The maximum atomic E-state index is 5.78. The highest BCUT2D eigenvalue weighted by molar-refractivity contribution is 5.49. The minimum atomic E-state index is 0.516. The summed E-state index contributed by atoms with van der Waals surface area (Å²) in [6.45, 7) is 6.23. The van der Waals surface area contributed by atoms with E-state index in [1.165, 1.54) is 12.1 Å². The average Bonchev–Trinajstić information content (AvgIpc) is 2.36. The van der Waals surface area contributed by atoms with Gasteiger partial charge in [0.1, 0.15) is 5.75 Å². The van der Waals surface area contributed by atoms with Crippen molar-refractivity contribution in [2.45, 2.75) is 32.7 Å². The fourth-order valence-electron chi connectivity index (χ4n) is 1.70. The number of hydrogen-bond acceptors (Lipinski definition) is 3. The zero-order valence-corrected chi connectivity index (χ0v) is 12.1. The van der Waals surface area contributed by atoms with Crippen molar-refractivity contribution in [1.82, 2.24) is 5.32 Å². The van der Waals surface area contributed by atoms with Gasteiger partial charge in [-0.2, -0.15) is 0 Å². The van der Waals surface area contributed by atoms with E-state index in [0.717, 1.165) is 25.3 Å². The molecular formula is C15H26N2O. The van der Waals surface area contributed by atoms with Crippen molar-refractivity contribution in [1.29, 1.82) is 0 Å². The van der Waals surface area contributed by atoms with E-state index in [1.807, 2.05) is 26.2 Å². The Morgan fingerprint density at radius 3 is 2.78 bits per heavy atom. The monoisotopic (exact) mass is 250 g/mol. The fourth-order valence-corrected chi connectivity index (χ4v) is 1.70. The molecular weight excluding hydrogens is 224 g/mol. The van der Waals surface area contributed by atoms with Gasteiger partial charge in [0.05, 0.1) is 6.61 Å². The Labute approximate surface area is 111 Å². The van der Waals surface area contributed by atoms with Gasteiger partial charge in [0.25, 0.3) is 0 Å². The van der Waals surface area contributed by atoms with E-state index in [4.69, 9.17) is 4.74 Å². The van der Waals surface area contributed by atoms with Crippen LogP contribution in [0.5, 0.6) is 5.75 Å². The first-order valence-electron chi connectivity index (χ1n) is 6.77. The molecule has 0 radical (unpaired) electrons. The summed E-state index contributed by atoms with van der Waals surface area (Å²) in [7, 11) is 4.08. The van der Waals surface area contributed by atoms with Crippen LogP contribution in [-0.4, -0.2) is 33.3 Å². The van der Waals surface area contributed by atoms with E-state index >= 15 is 0 Å². The first-order chi connectivity index (χ1) is 8.63. The molecule has 3 nitrogen and oxygen atoms in total. The van der Waals surface area contributed by atoms with Crippen LogP contribution in [0, 0.1) is 0 Å². The number of rotatable bonds is 8. The molecule has 1 aromatic carbocycles. The third-order valence-corrected chi connectivity index (χ3v) is 2.90. The first-order valence-corrected chi connectivity index (χ1v) is 6.77. The van der Waals surface area contributed by atoms with Crippen LogP contribution in [0.3, 0.4) is 0 Å². The largest absolute Gasteiger partial charge is 0.493 e. The van der Waals surface area contributed by atoms with E-state index in [-0.39, 0.29) is 0 Å². The van der Waals surface area contributed by atoms with Crippen molar-refractivity contribution in [3.8, 4) is 5.75 Å². The minimum Gasteiger partial charge on any atom is -0.493 e. The Morgan fingerprint density at radius 2 is 2.11 bits per heavy atom. The van der Waals surface area contributed by atoms with Gasteiger partial charge in [0, 0.05) is 31.9 Å². The van der Waals surface area contributed by atoms with Gasteiger partial charge in [-0.3, -0.25) is 0 Å². The quantitative estimate of drug-likeness (QED) is 0.768. The second-order valence-corrected chi connectivity index (χ2v) is 4.88. The molecule has 1 N–H and O–H groups in total. The molecule has 1 atom stereocenters. The molecule has 0 saturated heterocycles. The summed E-state index contributed by atoms with van der Waals surface area (Å²) < 4.78 is 5.78. The molecule has 0 aliphatic rings. The van der Waals surface area contributed by atoms with Crippen molar-refractivity contribution >= 4 is 5.69 Å². The van der Waals surface area contributed by atoms with Crippen molar-refractivity contribution in [2.75, 3.05) is 32.1 Å². The molecule has 0 bridgehead atoms. The van der Waals surface area contributed by atoms with Crippen LogP contribution < -0.4 is 15.0 Å². The average molecular weight is 250 g/mol. The predicted molar refractivity (Wildman–Crippen MR) is 78.6 cm³/mol. The predicted octanol–water partition coefficient (Wildman–Crippen LogP) is 2.91. The number of anilines is 1. The highest BCUT2D eigenvalue weighted by atomic mass is 16.5. The van der Waals surface area contributed by atoms with Crippen molar-refractivity contribution in [3.63, 3.8) is 0 Å². The van der Waals surface area contributed by atoms with Crippen molar-refractivity contribution in [3.05, 3.63) is 24.3 Å². The van der Waals surface area contributed by atoms with Gasteiger partial charge < -0.3 is 15.0 Å². The number of benzene rings is 1. The third kappa shape index (κ3) is 5.41. The number of nitrogens with zero attached hydrogens (tertiary/aromatic N) is 1. The van der Waals surface area contributed by atoms with Crippen LogP contribution in [0.2, 0.25) is 0 Å². The molecule has 0 amide bonds. The second-order valence-electron chi connectivity index (χ2n) is 4.88. The number of hydrogen-bond donors (Lipinski definition) is 1. The van der Waals surface area contributed by atoms with E-state index in [2.05, 4.69) is 36.2 Å². The molecule has 0 aliphatic heterocycles. The van der Waals surface area contributed by atoms with Crippen LogP contribution in [0.4, 0.5) is 5.69 Å². The summed E-state index contributed by atoms with van der Waals surface area (Å²) in [5.74, 6) is 0.948. The van der Waals surface area contributed by atoms with Gasteiger partial charge in [-0.1, -0.05) is 13.0 Å². The molecule has 0 saturated carbocycles. The third-order valence-electron chi connectivity index (χ3n) is 2.90. The zero-order chi connectivity index (χ0) is 13.4. The van der Waals surface area contributed by atoms with Crippen LogP contribution in [0.1, 0.15) is 26.7 Å². The van der Waals surface area contributed by atoms with E-state index in [1.54, 1.807) is 0 Å². The van der Waals surface area contributed by atoms with Crippen LogP contribution in [0.25, 0.3) is 0 Å². The van der Waals surface area contributed by atoms with Gasteiger partial charge >= 0.3 is 0 Å². The van der Waals surface area contributed by atoms with Gasteiger partial charge in [-0.05, 0) is 38.4 Å². The number of ether oxygens (including phenoxy) is 1. The SMILES string of the molecule is CCCNC(C)CCOc1cccc(N(C)C)c1. The Bertz CT molecular complexity index is 339. The Hall–Kier alpha value is -1.22. The molecule has 0 fully saturated rings.